The van der Waals surface area contributed by atoms with Crippen molar-refractivity contribution in [2.75, 3.05) is 24.7 Å². The summed E-state index contributed by atoms with van der Waals surface area (Å²) in [6.07, 6.45) is 2.74. The van der Waals surface area contributed by atoms with Gasteiger partial charge in [0.15, 0.2) is 0 Å². The van der Waals surface area contributed by atoms with Crippen molar-refractivity contribution in [1.29, 1.82) is 0 Å². The Hall–Kier alpha value is -1.60. The van der Waals surface area contributed by atoms with Crippen molar-refractivity contribution in [3.05, 3.63) is 29.3 Å². The summed E-state index contributed by atoms with van der Waals surface area (Å²) in [5.41, 5.74) is 2.83. The Kier molecular flexibility index (Phi) is 5.08. The number of carbonyl (C=O) groups excluding carboxylic acids is 1. The summed E-state index contributed by atoms with van der Waals surface area (Å²) in [5, 5.41) is 5.69. The van der Waals surface area contributed by atoms with E-state index in [-0.39, 0.29) is 12.1 Å². The van der Waals surface area contributed by atoms with Gasteiger partial charge in [-0.3, -0.25) is 0 Å². The fourth-order valence-electron chi connectivity index (χ4n) is 2.58. The van der Waals surface area contributed by atoms with Crippen LogP contribution in [0.1, 0.15) is 24.0 Å². The Morgan fingerprint density at radius 3 is 2.73 bits per heavy atom. The van der Waals surface area contributed by atoms with E-state index >= 15 is 0 Å². The predicted octanol–water partition coefficient (Wildman–Crippen LogP) is 1.85. The van der Waals surface area contributed by atoms with Crippen LogP contribution in [0.15, 0.2) is 18.2 Å². The van der Waals surface area contributed by atoms with Crippen molar-refractivity contribution in [3.63, 3.8) is 0 Å². The van der Waals surface area contributed by atoms with Gasteiger partial charge in [0.2, 0.25) is 10.0 Å². The molecule has 1 aliphatic heterocycles. The third-order valence-electron chi connectivity index (χ3n) is 3.83. The van der Waals surface area contributed by atoms with Crippen LogP contribution in [0.2, 0.25) is 0 Å². The third-order valence-corrected chi connectivity index (χ3v) is 5.10. The Morgan fingerprint density at radius 1 is 1.32 bits per heavy atom. The molecule has 0 radical (unpaired) electrons. The molecule has 2 rings (SSSR count). The molecule has 1 aromatic rings. The molecule has 2 amide bonds. The van der Waals surface area contributed by atoms with Crippen LogP contribution in [0, 0.1) is 13.8 Å². The zero-order valence-electron chi connectivity index (χ0n) is 13.2. The zero-order chi connectivity index (χ0) is 16.3. The first-order valence-electron chi connectivity index (χ1n) is 7.35. The van der Waals surface area contributed by atoms with Crippen LogP contribution < -0.4 is 10.6 Å². The largest absolute Gasteiger partial charge is 0.334 e. The van der Waals surface area contributed by atoms with Crippen LogP contribution >= 0.6 is 0 Å². The van der Waals surface area contributed by atoms with Crippen LogP contribution in [0.25, 0.3) is 0 Å². The summed E-state index contributed by atoms with van der Waals surface area (Å²) in [5.74, 6) is 0. The van der Waals surface area contributed by atoms with Crippen molar-refractivity contribution in [2.45, 2.75) is 32.7 Å². The van der Waals surface area contributed by atoms with Gasteiger partial charge in [-0.2, -0.15) is 0 Å². The standard InChI is InChI=1S/C15H23N3O3S/c1-11-6-7-12(2)14(9-11)17-15(19)16-13-5-4-8-18(10-13)22(3,20)21/h6-7,9,13H,4-5,8,10H2,1-3H3,(H2,16,17,19)/t13-/m1/s1. The summed E-state index contributed by atoms with van der Waals surface area (Å²) in [6.45, 7) is 4.75. The summed E-state index contributed by atoms with van der Waals surface area (Å²) in [7, 11) is -3.20. The summed E-state index contributed by atoms with van der Waals surface area (Å²) < 4.78 is 24.6. The molecular formula is C15H23N3O3S. The molecule has 1 saturated heterocycles. The van der Waals surface area contributed by atoms with E-state index in [0.29, 0.717) is 13.1 Å². The van der Waals surface area contributed by atoms with Gasteiger partial charge in [0.25, 0.3) is 0 Å². The molecule has 0 spiro atoms. The number of hydrogen-bond donors (Lipinski definition) is 2. The molecule has 0 bridgehead atoms. The second-order valence-corrected chi connectivity index (χ2v) is 7.86. The minimum Gasteiger partial charge on any atom is -0.334 e. The molecule has 0 saturated carbocycles. The summed E-state index contributed by atoms with van der Waals surface area (Å²) in [4.78, 5) is 12.1. The fraction of sp³-hybridized carbons (Fsp3) is 0.533. The van der Waals surface area contributed by atoms with E-state index in [1.807, 2.05) is 32.0 Å². The molecule has 0 unspecified atom stereocenters. The van der Waals surface area contributed by atoms with E-state index in [9.17, 15) is 13.2 Å². The highest BCUT2D eigenvalue weighted by Crippen LogP contribution is 2.17. The molecule has 22 heavy (non-hydrogen) atoms. The monoisotopic (exact) mass is 325 g/mol. The molecule has 6 nitrogen and oxygen atoms in total. The number of aryl methyl sites for hydroxylation is 2. The lowest BCUT2D eigenvalue weighted by Crippen LogP contribution is -2.50. The number of amides is 2. The quantitative estimate of drug-likeness (QED) is 0.890. The molecule has 7 heteroatoms. The second-order valence-electron chi connectivity index (χ2n) is 5.88. The Bertz CT molecular complexity index is 658. The maximum atomic E-state index is 12.1. The first-order valence-corrected chi connectivity index (χ1v) is 9.20. The number of hydrogen-bond acceptors (Lipinski definition) is 3. The average Bonchev–Trinajstić information content (AvgIpc) is 2.42. The van der Waals surface area contributed by atoms with Gasteiger partial charge < -0.3 is 10.6 Å². The SMILES string of the molecule is Cc1ccc(C)c(NC(=O)N[C@@H]2CCCN(S(C)(=O)=O)C2)c1. The van der Waals surface area contributed by atoms with Gasteiger partial charge in [0.05, 0.1) is 6.26 Å². The van der Waals surface area contributed by atoms with Gasteiger partial charge in [-0.15, -0.1) is 0 Å². The lowest BCUT2D eigenvalue weighted by Gasteiger charge is -2.31. The summed E-state index contributed by atoms with van der Waals surface area (Å²) in [6, 6.07) is 5.40. The van der Waals surface area contributed by atoms with Gasteiger partial charge in [0.1, 0.15) is 0 Å². The van der Waals surface area contributed by atoms with Gasteiger partial charge >= 0.3 is 6.03 Å². The highest BCUT2D eigenvalue weighted by atomic mass is 32.2. The Labute approximate surface area is 131 Å². The van der Waals surface area contributed by atoms with E-state index < -0.39 is 10.0 Å². The predicted molar refractivity (Wildman–Crippen MR) is 87.5 cm³/mol. The number of rotatable bonds is 3. The molecular weight excluding hydrogens is 302 g/mol. The lowest BCUT2D eigenvalue weighted by atomic mass is 10.1. The van der Waals surface area contributed by atoms with Crippen LogP contribution in [0.4, 0.5) is 10.5 Å². The summed E-state index contributed by atoms with van der Waals surface area (Å²) >= 11 is 0. The number of piperidine rings is 1. The van der Waals surface area contributed by atoms with Gasteiger partial charge in [-0.05, 0) is 43.9 Å². The van der Waals surface area contributed by atoms with E-state index in [0.717, 1.165) is 29.7 Å². The number of carbonyl (C=O) groups is 1. The smallest absolute Gasteiger partial charge is 0.319 e. The third kappa shape index (κ3) is 4.45. The molecule has 0 aromatic heterocycles. The maximum absolute atomic E-state index is 12.1. The molecule has 1 aliphatic rings. The molecule has 1 heterocycles. The number of nitrogens with zero attached hydrogens (tertiary/aromatic N) is 1. The van der Waals surface area contributed by atoms with E-state index in [2.05, 4.69) is 10.6 Å². The fourth-order valence-corrected chi connectivity index (χ4v) is 3.49. The molecule has 0 aliphatic carbocycles. The molecule has 122 valence electrons. The zero-order valence-corrected chi connectivity index (χ0v) is 14.0. The Balaban J connectivity index is 1.96. The minimum atomic E-state index is -3.20. The van der Waals surface area contributed by atoms with Crippen molar-refractivity contribution in [1.82, 2.24) is 9.62 Å². The van der Waals surface area contributed by atoms with Crippen LogP contribution in [0.3, 0.4) is 0 Å². The highest BCUT2D eigenvalue weighted by Gasteiger charge is 2.26. The van der Waals surface area contributed by atoms with Gasteiger partial charge in [0, 0.05) is 24.8 Å². The van der Waals surface area contributed by atoms with Crippen LogP contribution in [-0.4, -0.2) is 44.1 Å². The molecule has 1 aromatic carbocycles. The van der Waals surface area contributed by atoms with Crippen molar-refractivity contribution in [2.24, 2.45) is 0 Å². The lowest BCUT2D eigenvalue weighted by molar-refractivity contribution is 0.236. The van der Waals surface area contributed by atoms with Gasteiger partial charge in [-0.25, -0.2) is 17.5 Å². The van der Waals surface area contributed by atoms with E-state index in [1.165, 1.54) is 10.6 Å². The van der Waals surface area contributed by atoms with Crippen molar-refractivity contribution >= 4 is 21.7 Å². The number of sulfonamides is 1. The Morgan fingerprint density at radius 2 is 2.05 bits per heavy atom. The van der Waals surface area contributed by atoms with E-state index in [4.69, 9.17) is 0 Å². The number of anilines is 1. The first kappa shape index (κ1) is 16.8. The van der Waals surface area contributed by atoms with Crippen molar-refractivity contribution in [3.8, 4) is 0 Å². The normalized spacial score (nSPS) is 19.7. The number of urea groups is 1. The minimum absolute atomic E-state index is 0.159. The second kappa shape index (κ2) is 6.66. The number of nitrogens with one attached hydrogen (secondary N) is 2. The average molecular weight is 325 g/mol. The van der Waals surface area contributed by atoms with Gasteiger partial charge in [-0.1, -0.05) is 12.1 Å². The molecule has 2 N–H and O–H groups in total. The van der Waals surface area contributed by atoms with Crippen LogP contribution in [-0.2, 0) is 10.0 Å². The van der Waals surface area contributed by atoms with Crippen molar-refractivity contribution < 1.29 is 13.2 Å². The highest BCUT2D eigenvalue weighted by molar-refractivity contribution is 7.88. The number of benzene rings is 1. The first-order chi connectivity index (χ1) is 10.3. The van der Waals surface area contributed by atoms with E-state index in [1.54, 1.807) is 0 Å². The molecule has 1 fully saturated rings. The van der Waals surface area contributed by atoms with Crippen LogP contribution in [0.5, 0.6) is 0 Å². The topological polar surface area (TPSA) is 78.5 Å². The molecule has 1 atom stereocenters. The maximum Gasteiger partial charge on any atom is 0.319 e.